The summed E-state index contributed by atoms with van der Waals surface area (Å²) in [5.74, 6) is -0.294. The summed E-state index contributed by atoms with van der Waals surface area (Å²) in [6.07, 6.45) is 0.751. The third-order valence-electron chi connectivity index (χ3n) is 3.43. The molecule has 0 aliphatic heterocycles. The van der Waals surface area contributed by atoms with Gasteiger partial charge < -0.3 is 9.30 Å². The number of methoxy groups -OCH3 is 1. The molecule has 0 radical (unpaired) electrons. The maximum atomic E-state index is 11.4. The normalized spacial score (nSPS) is 13.8. The molecule has 0 saturated carbocycles. The molecule has 2 heterocycles. The number of rotatable bonds is 7. The first-order valence-corrected chi connectivity index (χ1v) is 8.60. The number of esters is 1. The van der Waals surface area contributed by atoms with Crippen molar-refractivity contribution in [1.82, 2.24) is 9.29 Å². The van der Waals surface area contributed by atoms with Gasteiger partial charge >= 0.3 is 5.97 Å². The fourth-order valence-electron chi connectivity index (χ4n) is 2.22. The Labute approximate surface area is 135 Å². The molecule has 2 N–H and O–H groups in total. The van der Waals surface area contributed by atoms with Crippen LogP contribution >= 0.6 is 11.3 Å². The number of aromatic nitrogens is 1. The van der Waals surface area contributed by atoms with Crippen LogP contribution in [0.4, 0.5) is 0 Å². The highest BCUT2D eigenvalue weighted by molar-refractivity contribution is 7.77. The summed E-state index contributed by atoms with van der Waals surface area (Å²) >= 11 is -0.563. The lowest BCUT2D eigenvalue weighted by molar-refractivity contribution is -0.139. The van der Waals surface area contributed by atoms with Crippen molar-refractivity contribution in [3.05, 3.63) is 45.9 Å². The number of hydrogen-bond acceptors (Lipinski definition) is 4. The topological polar surface area (TPSA) is 80.6 Å². The van der Waals surface area contributed by atoms with E-state index in [1.54, 1.807) is 0 Å². The Hall–Kier alpha value is -1.48. The lowest BCUT2D eigenvalue weighted by Crippen LogP contribution is -2.25. The molecule has 0 spiro atoms. The van der Waals surface area contributed by atoms with Gasteiger partial charge in [-0.05, 0) is 23.6 Å². The number of nitrogens with one attached hydrogen (secondary N) is 1. The highest BCUT2D eigenvalue weighted by atomic mass is 32.2. The van der Waals surface area contributed by atoms with E-state index < -0.39 is 11.3 Å². The van der Waals surface area contributed by atoms with Gasteiger partial charge in [0.15, 0.2) is 0 Å². The molecule has 2 unspecified atom stereocenters. The summed E-state index contributed by atoms with van der Waals surface area (Å²) in [5, 5.41) is 1.93. The highest BCUT2D eigenvalue weighted by Gasteiger charge is 2.18. The number of carbonyl (C=O) groups excluding carboxylic acids is 1. The predicted octanol–water partition coefficient (Wildman–Crippen LogP) is 1.81. The van der Waals surface area contributed by atoms with Crippen LogP contribution in [0.2, 0.25) is 0 Å². The fraction of sp³-hybridized carbons (Fsp3) is 0.357. The van der Waals surface area contributed by atoms with Gasteiger partial charge in [0.25, 0.3) is 0 Å². The van der Waals surface area contributed by atoms with Gasteiger partial charge in [0.2, 0.25) is 11.3 Å². The van der Waals surface area contributed by atoms with Gasteiger partial charge in [0, 0.05) is 29.7 Å². The second-order valence-electron chi connectivity index (χ2n) is 4.77. The van der Waals surface area contributed by atoms with Crippen molar-refractivity contribution in [3.8, 4) is 0 Å². The third-order valence-corrected chi connectivity index (χ3v) is 4.90. The molecule has 0 aliphatic rings. The molecule has 0 aromatic carbocycles. The fourth-order valence-corrected chi connectivity index (χ4v) is 3.53. The Morgan fingerprint density at radius 3 is 2.77 bits per heavy atom. The van der Waals surface area contributed by atoms with Crippen molar-refractivity contribution in [2.45, 2.75) is 18.9 Å². The van der Waals surface area contributed by atoms with Crippen LogP contribution in [0.5, 0.6) is 0 Å². The van der Waals surface area contributed by atoms with E-state index in [1.807, 2.05) is 41.3 Å². The zero-order valence-corrected chi connectivity index (χ0v) is 13.9. The van der Waals surface area contributed by atoms with Gasteiger partial charge in [-0.2, -0.15) is 0 Å². The number of thiophene rings is 1. The van der Waals surface area contributed by atoms with Gasteiger partial charge in [0.05, 0.1) is 19.6 Å². The van der Waals surface area contributed by atoms with Crippen LogP contribution < -0.4 is 4.72 Å². The van der Waals surface area contributed by atoms with Crippen LogP contribution in [0.3, 0.4) is 0 Å². The first-order chi connectivity index (χ1) is 10.5. The summed E-state index contributed by atoms with van der Waals surface area (Å²) in [5.41, 5.74) is 1.81. The molecular weight excluding hydrogens is 324 g/mol. The molecule has 2 aromatic heterocycles. The molecule has 0 saturated heterocycles. The van der Waals surface area contributed by atoms with E-state index in [0.717, 1.165) is 16.3 Å². The van der Waals surface area contributed by atoms with E-state index in [4.69, 9.17) is 4.55 Å². The molecule has 0 bridgehead atoms. The SMILES string of the molecule is COC(=O)Cc1ccc(CC(NS(=O)O)c2cccs2)n1C. The van der Waals surface area contributed by atoms with Crippen molar-refractivity contribution >= 4 is 28.6 Å². The van der Waals surface area contributed by atoms with Crippen molar-refractivity contribution in [2.75, 3.05) is 7.11 Å². The monoisotopic (exact) mass is 342 g/mol. The minimum Gasteiger partial charge on any atom is -0.469 e. The van der Waals surface area contributed by atoms with Crippen molar-refractivity contribution < 1.29 is 18.3 Å². The largest absolute Gasteiger partial charge is 0.469 e. The molecule has 22 heavy (non-hydrogen) atoms. The van der Waals surface area contributed by atoms with Crippen molar-refractivity contribution in [2.24, 2.45) is 7.05 Å². The second-order valence-corrected chi connectivity index (χ2v) is 6.48. The van der Waals surface area contributed by atoms with Crippen LogP contribution in [0.15, 0.2) is 29.6 Å². The van der Waals surface area contributed by atoms with E-state index in [2.05, 4.69) is 9.46 Å². The summed E-state index contributed by atoms with van der Waals surface area (Å²) < 4.78 is 29.5. The van der Waals surface area contributed by atoms with Crippen LogP contribution in [0.1, 0.15) is 22.3 Å². The van der Waals surface area contributed by atoms with Crippen LogP contribution in [-0.2, 0) is 40.7 Å². The molecule has 120 valence electrons. The molecule has 8 heteroatoms. The Morgan fingerprint density at radius 1 is 1.45 bits per heavy atom. The van der Waals surface area contributed by atoms with E-state index >= 15 is 0 Å². The van der Waals surface area contributed by atoms with Crippen LogP contribution in [0.25, 0.3) is 0 Å². The van der Waals surface area contributed by atoms with Gasteiger partial charge in [-0.3, -0.25) is 9.35 Å². The summed E-state index contributed by atoms with van der Waals surface area (Å²) in [7, 11) is 3.23. The van der Waals surface area contributed by atoms with Gasteiger partial charge in [0.1, 0.15) is 0 Å². The van der Waals surface area contributed by atoms with Gasteiger partial charge in [-0.15, -0.1) is 11.3 Å². The molecule has 2 atom stereocenters. The average Bonchev–Trinajstić information content (AvgIpc) is 3.11. The second kappa shape index (κ2) is 7.68. The number of carbonyl (C=O) groups is 1. The Balaban J connectivity index is 2.16. The average molecular weight is 342 g/mol. The van der Waals surface area contributed by atoms with E-state index in [1.165, 1.54) is 18.4 Å². The minimum absolute atomic E-state index is 0.204. The molecule has 0 aliphatic carbocycles. The summed E-state index contributed by atoms with van der Waals surface area (Å²) in [6, 6.07) is 7.36. The number of hydrogen-bond donors (Lipinski definition) is 2. The van der Waals surface area contributed by atoms with E-state index in [-0.39, 0.29) is 18.4 Å². The zero-order valence-electron chi connectivity index (χ0n) is 12.3. The van der Waals surface area contributed by atoms with E-state index in [9.17, 15) is 9.00 Å². The molecule has 0 amide bonds. The number of nitrogens with zero attached hydrogens (tertiary/aromatic N) is 1. The van der Waals surface area contributed by atoms with Crippen LogP contribution in [-0.4, -0.2) is 26.4 Å². The smallest absolute Gasteiger partial charge is 0.311 e. The van der Waals surface area contributed by atoms with Crippen molar-refractivity contribution in [1.29, 1.82) is 0 Å². The molecule has 2 aromatic rings. The first kappa shape index (κ1) is 16.9. The highest BCUT2D eigenvalue weighted by Crippen LogP contribution is 2.24. The molecular formula is C14H18N2O4S2. The lowest BCUT2D eigenvalue weighted by Gasteiger charge is -2.16. The molecule has 6 nitrogen and oxygen atoms in total. The predicted molar refractivity (Wildman–Crippen MR) is 85.8 cm³/mol. The first-order valence-electron chi connectivity index (χ1n) is 6.62. The Morgan fingerprint density at radius 2 is 2.18 bits per heavy atom. The van der Waals surface area contributed by atoms with Gasteiger partial charge in [-0.25, -0.2) is 8.93 Å². The Bertz CT molecular complexity index is 652. The summed E-state index contributed by atoms with van der Waals surface area (Å²) in [4.78, 5) is 12.4. The molecule has 0 fully saturated rings. The quantitative estimate of drug-likeness (QED) is 0.594. The Kier molecular flexibility index (Phi) is 5.90. The third kappa shape index (κ3) is 4.26. The van der Waals surface area contributed by atoms with Crippen molar-refractivity contribution in [3.63, 3.8) is 0 Å². The lowest BCUT2D eigenvalue weighted by atomic mass is 10.1. The molecule has 2 rings (SSSR count). The maximum absolute atomic E-state index is 11.4. The minimum atomic E-state index is -2.09. The zero-order chi connectivity index (χ0) is 16.1. The van der Waals surface area contributed by atoms with Crippen LogP contribution in [0, 0.1) is 0 Å². The van der Waals surface area contributed by atoms with E-state index in [0.29, 0.717) is 6.42 Å². The number of ether oxygens (including phenoxy) is 1. The maximum Gasteiger partial charge on any atom is 0.311 e. The van der Waals surface area contributed by atoms with Gasteiger partial charge in [-0.1, -0.05) is 6.07 Å². The summed E-state index contributed by atoms with van der Waals surface area (Å²) in [6.45, 7) is 0. The standard InChI is InChI=1S/C14H18N2O4S2/c1-16-10(5-6-11(16)9-14(17)20-2)8-12(15-22(18)19)13-4-3-7-21-13/h3-7,12,15H,8-9H2,1-2H3,(H,18,19).